The molecule has 0 unspecified atom stereocenters. The number of carbonyl (C=O) groups excluding carboxylic acids is 2. The van der Waals surface area contributed by atoms with Gasteiger partial charge in [0.05, 0.1) is 12.3 Å². The molecule has 10 heteroatoms. The minimum Gasteiger partial charge on any atom is -0.338 e. The largest absolute Gasteiger partial charge is 0.338 e. The van der Waals surface area contributed by atoms with Crippen molar-refractivity contribution in [2.75, 3.05) is 12.3 Å². The van der Waals surface area contributed by atoms with E-state index in [9.17, 15) is 18.0 Å². The van der Waals surface area contributed by atoms with Gasteiger partial charge < -0.3 is 4.52 Å². The molecule has 1 aliphatic rings. The third kappa shape index (κ3) is 4.33. The molecular formula is C11H16N4O5S. The number of hydrogen-bond acceptors (Lipinski definition) is 7. The van der Waals surface area contributed by atoms with Crippen LogP contribution in [0.2, 0.25) is 0 Å². The van der Waals surface area contributed by atoms with Crippen LogP contribution in [-0.4, -0.2) is 47.6 Å². The fraction of sp³-hybridized carbons (Fsp3) is 0.636. The van der Waals surface area contributed by atoms with Gasteiger partial charge in [0.15, 0.2) is 5.82 Å². The second-order valence-electron chi connectivity index (χ2n) is 4.67. The second-order valence-corrected chi connectivity index (χ2v) is 6.59. The van der Waals surface area contributed by atoms with Gasteiger partial charge in [0, 0.05) is 19.4 Å². The molecule has 1 aromatic rings. The Hall–Kier alpha value is -1.81. The normalized spacial score (nSPS) is 16.5. The number of imide groups is 1. The van der Waals surface area contributed by atoms with Crippen LogP contribution >= 0.6 is 0 Å². The molecule has 0 bridgehead atoms. The molecule has 0 aromatic carbocycles. The topological polar surface area (TPSA) is 122 Å². The van der Waals surface area contributed by atoms with Gasteiger partial charge in [-0.05, 0) is 13.3 Å². The number of sulfonamides is 1. The number of rotatable bonds is 6. The Kier molecular flexibility index (Phi) is 4.68. The lowest BCUT2D eigenvalue weighted by molar-refractivity contribution is -0.147. The van der Waals surface area contributed by atoms with Crippen molar-refractivity contribution >= 4 is 21.8 Å². The molecule has 2 amide bonds. The van der Waals surface area contributed by atoms with Crippen molar-refractivity contribution in [2.45, 2.75) is 32.7 Å². The van der Waals surface area contributed by atoms with Gasteiger partial charge in [0.25, 0.3) is 0 Å². The minimum absolute atomic E-state index is 0.120. The number of aromatic nitrogens is 2. The van der Waals surface area contributed by atoms with Gasteiger partial charge in [-0.1, -0.05) is 5.16 Å². The zero-order valence-corrected chi connectivity index (χ0v) is 12.4. The first kappa shape index (κ1) is 15.6. The predicted molar refractivity (Wildman–Crippen MR) is 70.2 cm³/mol. The van der Waals surface area contributed by atoms with E-state index in [4.69, 9.17) is 4.52 Å². The van der Waals surface area contributed by atoms with E-state index in [2.05, 4.69) is 14.9 Å². The van der Waals surface area contributed by atoms with Gasteiger partial charge in [-0.2, -0.15) is 4.98 Å². The van der Waals surface area contributed by atoms with Crippen molar-refractivity contribution in [2.24, 2.45) is 0 Å². The van der Waals surface area contributed by atoms with Crippen LogP contribution in [0.5, 0.6) is 0 Å². The van der Waals surface area contributed by atoms with E-state index in [1.54, 1.807) is 6.92 Å². The van der Waals surface area contributed by atoms with Crippen LogP contribution in [0.4, 0.5) is 0 Å². The quantitative estimate of drug-likeness (QED) is 0.691. The van der Waals surface area contributed by atoms with E-state index in [0.29, 0.717) is 12.2 Å². The molecule has 0 atom stereocenters. The summed E-state index contributed by atoms with van der Waals surface area (Å²) in [6, 6.07) is 0. The summed E-state index contributed by atoms with van der Waals surface area (Å²) < 4.78 is 30.7. The van der Waals surface area contributed by atoms with Crippen LogP contribution in [0, 0.1) is 6.92 Å². The summed E-state index contributed by atoms with van der Waals surface area (Å²) in [6.07, 6.45) is 1.08. The summed E-state index contributed by atoms with van der Waals surface area (Å²) in [5, 5.41) is 3.54. The maximum atomic E-state index is 11.8. The molecule has 0 saturated carbocycles. The summed E-state index contributed by atoms with van der Waals surface area (Å²) in [6.45, 7) is 1.36. The SMILES string of the molecule is Cc1noc(CNS(=O)(=O)CCN2C(=O)CCCC2=O)n1. The lowest BCUT2D eigenvalue weighted by Crippen LogP contribution is -2.43. The first-order valence-electron chi connectivity index (χ1n) is 6.47. The number of carbonyl (C=O) groups is 2. The zero-order chi connectivity index (χ0) is 15.5. The first-order valence-corrected chi connectivity index (χ1v) is 8.12. The Labute approximate surface area is 121 Å². The molecule has 0 spiro atoms. The average molecular weight is 316 g/mol. The maximum absolute atomic E-state index is 11.8. The molecule has 0 aliphatic carbocycles. The van der Waals surface area contributed by atoms with Crippen LogP contribution in [0.15, 0.2) is 4.52 Å². The van der Waals surface area contributed by atoms with Gasteiger partial charge in [0.2, 0.25) is 27.7 Å². The Balaban J connectivity index is 1.86. The van der Waals surface area contributed by atoms with E-state index >= 15 is 0 Å². The highest BCUT2D eigenvalue weighted by atomic mass is 32.2. The number of aryl methyl sites for hydroxylation is 1. The second kappa shape index (κ2) is 6.31. The van der Waals surface area contributed by atoms with Gasteiger partial charge in [0.1, 0.15) is 0 Å². The highest BCUT2D eigenvalue weighted by Crippen LogP contribution is 2.12. The fourth-order valence-electron chi connectivity index (χ4n) is 1.92. The Morgan fingerprint density at radius 2 is 1.95 bits per heavy atom. The first-order chi connectivity index (χ1) is 9.87. The van der Waals surface area contributed by atoms with Gasteiger partial charge in [-0.25, -0.2) is 13.1 Å². The van der Waals surface area contributed by atoms with Gasteiger partial charge in [-0.15, -0.1) is 0 Å². The summed E-state index contributed by atoms with van der Waals surface area (Å²) in [7, 11) is -3.64. The molecule has 0 radical (unpaired) electrons. The van der Waals surface area contributed by atoms with Crippen molar-refractivity contribution in [1.82, 2.24) is 19.8 Å². The minimum atomic E-state index is -3.64. The summed E-state index contributed by atoms with van der Waals surface area (Å²) in [5.74, 6) is -0.435. The molecule has 116 valence electrons. The van der Waals surface area contributed by atoms with Crippen molar-refractivity contribution in [3.05, 3.63) is 11.7 Å². The Morgan fingerprint density at radius 3 is 2.52 bits per heavy atom. The molecule has 2 rings (SSSR count). The van der Waals surface area contributed by atoms with E-state index in [1.165, 1.54) is 0 Å². The Morgan fingerprint density at radius 1 is 1.29 bits per heavy atom. The number of amides is 2. The summed E-state index contributed by atoms with van der Waals surface area (Å²) >= 11 is 0. The van der Waals surface area contributed by atoms with Crippen molar-refractivity contribution in [3.8, 4) is 0 Å². The summed E-state index contributed by atoms with van der Waals surface area (Å²) in [5.41, 5.74) is 0. The number of nitrogens with one attached hydrogen (secondary N) is 1. The highest BCUT2D eigenvalue weighted by Gasteiger charge is 2.27. The molecule has 2 heterocycles. The van der Waals surface area contributed by atoms with Crippen molar-refractivity contribution in [3.63, 3.8) is 0 Å². The molecule has 1 aromatic heterocycles. The number of likely N-dealkylation sites (tertiary alicyclic amines) is 1. The third-order valence-corrected chi connectivity index (χ3v) is 4.28. The standard InChI is InChI=1S/C11H16N4O5S/c1-8-13-9(20-14-8)7-12-21(18,19)6-5-15-10(16)3-2-4-11(15)17/h12H,2-7H2,1H3. The number of piperidine rings is 1. The molecule has 1 aliphatic heterocycles. The molecule has 9 nitrogen and oxygen atoms in total. The average Bonchev–Trinajstić information content (AvgIpc) is 2.82. The zero-order valence-electron chi connectivity index (χ0n) is 11.5. The molecule has 1 N–H and O–H groups in total. The van der Waals surface area contributed by atoms with Gasteiger partial charge in [-0.3, -0.25) is 14.5 Å². The van der Waals surface area contributed by atoms with Crippen molar-refractivity contribution < 1.29 is 22.5 Å². The number of hydrogen-bond donors (Lipinski definition) is 1. The van der Waals surface area contributed by atoms with Crippen LogP contribution < -0.4 is 4.72 Å². The van der Waals surface area contributed by atoms with E-state index in [1.807, 2.05) is 0 Å². The molecular weight excluding hydrogens is 300 g/mol. The predicted octanol–water partition coefficient (Wildman–Crippen LogP) is -0.663. The lowest BCUT2D eigenvalue weighted by atomic mass is 10.1. The number of nitrogens with zero attached hydrogens (tertiary/aromatic N) is 3. The van der Waals surface area contributed by atoms with E-state index in [0.717, 1.165) is 4.90 Å². The summed E-state index contributed by atoms with van der Waals surface area (Å²) in [4.78, 5) is 28.0. The van der Waals surface area contributed by atoms with E-state index in [-0.39, 0.29) is 49.4 Å². The Bertz CT molecular complexity index is 623. The lowest BCUT2D eigenvalue weighted by Gasteiger charge is -2.24. The van der Waals surface area contributed by atoms with Crippen molar-refractivity contribution in [1.29, 1.82) is 0 Å². The van der Waals surface area contributed by atoms with Crippen LogP contribution in [0.25, 0.3) is 0 Å². The van der Waals surface area contributed by atoms with Crippen LogP contribution in [0.3, 0.4) is 0 Å². The van der Waals surface area contributed by atoms with Crippen LogP contribution in [-0.2, 0) is 26.2 Å². The molecule has 1 saturated heterocycles. The molecule has 21 heavy (non-hydrogen) atoms. The fourth-order valence-corrected chi connectivity index (χ4v) is 2.83. The van der Waals surface area contributed by atoms with E-state index < -0.39 is 10.0 Å². The maximum Gasteiger partial charge on any atom is 0.241 e. The smallest absolute Gasteiger partial charge is 0.241 e. The van der Waals surface area contributed by atoms with Gasteiger partial charge >= 0.3 is 0 Å². The molecule has 1 fully saturated rings. The highest BCUT2D eigenvalue weighted by molar-refractivity contribution is 7.89. The van der Waals surface area contributed by atoms with Crippen LogP contribution in [0.1, 0.15) is 31.0 Å². The third-order valence-electron chi connectivity index (χ3n) is 2.98. The monoisotopic (exact) mass is 316 g/mol.